The van der Waals surface area contributed by atoms with Gasteiger partial charge < -0.3 is 5.32 Å². The van der Waals surface area contributed by atoms with Crippen LogP contribution < -0.4 is 5.32 Å². The molecule has 1 aromatic carbocycles. The first-order valence-electron chi connectivity index (χ1n) is 7.46. The molecule has 0 aliphatic heterocycles. The van der Waals surface area contributed by atoms with Crippen LogP contribution in [0.15, 0.2) is 24.3 Å². The van der Waals surface area contributed by atoms with Crippen molar-refractivity contribution in [3.63, 3.8) is 0 Å². The molecule has 0 bridgehead atoms. The lowest BCUT2D eigenvalue weighted by molar-refractivity contribution is 0.483. The van der Waals surface area contributed by atoms with Gasteiger partial charge in [0.1, 0.15) is 0 Å². The van der Waals surface area contributed by atoms with E-state index in [1.165, 1.54) is 27.8 Å². The third-order valence-electron chi connectivity index (χ3n) is 4.02. The number of hydrogen-bond donors (Lipinski definition) is 1. The summed E-state index contributed by atoms with van der Waals surface area (Å²) in [6.45, 7) is 2.85. The van der Waals surface area contributed by atoms with E-state index in [0.717, 1.165) is 19.4 Å². The molecule has 3 rings (SSSR count). The first-order chi connectivity index (χ1) is 10.2. The SMILES string of the molecule is CCNC(Cc1cccc(F)c1F)c1cc2c(s1)CCC2. The summed E-state index contributed by atoms with van der Waals surface area (Å²) in [4.78, 5) is 2.71. The van der Waals surface area contributed by atoms with Crippen LogP contribution in [0.1, 0.15) is 40.3 Å². The van der Waals surface area contributed by atoms with Gasteiger partial charge >= 0.3 is 0 Å². The Labute approximate surface area is 128 Å². The van der Waals surface area contributed by atoms with Crippen molar-refractivity contribution in [3.05, 3.63) is 56.8 Å². The molecule has 0 saturated carbocycles. The number of hydrogen-bond acceptors (Lipinski definition) is 2. The Morgan fingerprint density at radius 3 is 2.90 bits per heavy atom. The highest BCUT2D eigenvalue weighted by Crippen LogP contribution is 2.35. The van der Waals surface area contributed by atoms with Crippen LogP contribution >= 0.6 is 11.3 Å². The number of halogens is 2. The molecule has 112 valence electrons. The number of aryl methyl sites for hydroxylation is 2. The van der Waals surface area contributed by atoms with E-state index in [-0.39, 0.29) is 6.04 Å². The Morgan fingerprint density at radius 2 is 2.14 bits per heavy atom. The van der Waals surface area contributed by atoms with Crippen LogP contribution in [0.25, 0.3) is 0 Å². The smallest absolute Gasteiger partial charge is 0.162 e. The van der Waals surface area contributed by atoms with E-state index >= 15 is 0 Å². The normalized spacial score (nSPS) is 15.2. The van der Waals surface area contributed by atoms with E-state index in [1.54, 1.807) is 12.1 Å². The van der Waals surface area contributed by atoms with Crippen molar-refractivity contribution < 1.29 is 8.78 Å². The third kappa shape index (κ3) is 3.01. The highest BCUT2D eigenvalue weighted by Gasteiger charge is 2.21. The predicted molar refractivity (Wildman–Crippen MR) is 82.8 cm³/mol. The van der Waals surface area contributed by atoms with E-state index in [0.29, 0.717) is 12.0 Å². The average molecular weight is 307 g/mol. The molecule has 1 atom stereocenters. The number of likely N-dealkylation sites (N-methyl/N-ethyl adjacent to an activating group) is 1. The van der Waals surface area contributed by atoms with Crippen LogP contribution in [-0.4, -0.2) is 6.54 Å². The van der Waals surface area contributed by atoms with Gasteiger partial charge in [0.25, 0.3) is 0 Å². The Morgan fingerprint density at radius 1 is 1.29 bits per heavy atom. The van der Waals surface area contributed by atoms with Crippen LogP contribution in [0.2, 0.25) is 0 Å². The van der Waals surface area contributed by atoms with Crippen LogP contribution in [0.3, 0.4) is 0 Å². The van der Waals surface area contributed by atoms with Gasteiger partial charge in [0.05, 0.1) is 0 Å². The molecule has 1 aliphatic carbocycles. The van der Waals surface area contributed by atoms with Crippen molar-refractivity contribution >= 4 is 11.3 Å². The zero-order chi connectivity index (χ0) is 14.8. The minimum absolute atomic E-state index is 0.0573. The molecule has 1 aromatic heterocycles. The quantitative estimate of drug-likeness (QED) is 0.863. The molecule has 1 aliphatic rings. The minimum Gasteiger partial charge on any atom is -0.309 e. The topological polar surface area (TPSA) is 12.0 Å². The van der Waals surface area contributed by atoms with Crippen LogP contribution in [0.4, 0.5) is 8.78 Å². The molecule has 0 amide bonds. The summed E-state index contributed by atoms with van der Waals surface area (Å²) in [7, 11) is 0. The van der Waals surface area contributed by atoms with Crippen molar-refractivity contribution in [3.8, 4) is 0 Å². The standard InChI is InChI=1S/C17H19F2NS/c1-2-20-14(9-12-6-3-7-13(18)17(12)19)16-10-11-5-4-8-15(11)21-16/h3,6-7,10,14,20H,2,4-5,8-9H2,1H3. The lowest BCUT2D eigenvalue weighted by Crippen LogP contribution is -2.22. The van der Waals surface area contributed by atoms with E-state index in [9.17, 15) is 8.78 Å². The maximum Gasteiger partial charge on any atom is 0.162 e. The Kier molecular flexibility index (Phi) is 4.36. The molecule has 4 heteroatoms. The molecule has 21 heavy (non-hydrogen) atoms. The van der Waals surface area contributed by atoms with Gasteiger partial charge in [0.15, 0.2) is 11.6 Å². The van der Waals surface area contributed by atoms with Crippen molar-refractivity contribution in [2.45, 2.75) is 38.6 Å². The van der Waals surface area contributed by atoms with Gasteiger partial charge in [0.2, 0.25) is 0 Å². The fourth-order valence-electron chi connectivity index (χ4n) is 2.97. The minimum atomic E-state index is -0.767. The summed E-state index contributed by atoms with van der Waals surface area (Å²) in [6.07, 6.45) is 4.04. The number of rotatable bonds is 5. The number of thiophene rings is 1. The van der Waals surface area contributed by atoms with Crippen molar-refractivity contribution in [2.75, 3.05) is 6.54 Å². The lowest BCUT2D eigenvalue weighted by atomic mass is 10.0. The molecule has 1 nitrogen and oxygen atoms in total. The van der Waals surface area contributed by atoms with Crippen molar-refractivity contribution in [1.29, 1.82) is 0 Å². The predicted octanol–water partition coefficient (Wildman–Crippen LogP) is 4.41. The molecular formula is C17H19F2NS. The van der Waals surface area contributed by atoms with E-state index < -0.39 is 11.6 Å². The second-order valence-electron chi connectivity index (χ2n) is 5.48. The largest absolute Gasteiger partial charge is 0.309 e. The fourth-order valence-corrected chi connectivity index (χ4v) is 4.30. The summed E-state index contributed by atoms with van der Waals surface area (Å²) in [6, 6.07) is 6.72. The maximum absolute atomic E-state index is 13.9. The van der Waals surface area contributed by atoms with E-state index in [2.05, 4.69) is 11.4 Å². The monoisotopic (exact) mass is 307 g/mol. The van der Waals surface area contributed by atoms with Crippen LogP contribution in [0.5, 0.6) is 0 Å². The molecule has 0 saturated heterocycles. The fraction of sp³-hybridized carbons (Fsp3) is 0.412. The van der Waals surface area contributed by atoms with Crippen LogP contribution in [-0.2, 0) is 19.3 Å². The maximum atomic E-state index is 13.9. The first kappa shape index (κ1) is 14.7. The number of fused-ring (bicyclic) bond motifs is 1. The summed E-state index contributed by atoms with van der Waals surface area (Å²) in [5.74, 6) is -1.49. The van der Waals surface area contributed by atoms with Gasteiger partial charge in [-0.2, -0.15) is 0 Å². The third-order valence-corrected chi connectivity index (χ3v) is 5.37. The average Bonchev–Trinajstić information content (AvgIpc) is 3.04. The molecule has 1 unspecified atom stereocenters. The highest BCUT2D eigenvalue weighted by molar-refractivity contribution is 7.12. The van der Waals surface area contributed by atoms with Gasteiger partial charge in [-0.25, -0.2) is 8.78 Å². The summed E-state index contributed by atoms with van der Waals surface area (Å²) >= 11 is 1.82. The molecule has 1 N–H and O–H groups in total. The Hall–Kier alpha value is -1.26. The molecule has 2 aromatic rings. The molecular weight excluding hydrogens is 288 g/mol. The second kappa shape index (κ2) is 6.24. The van der Waals surface area contributed by atoms with Crippen LogP contribution in [0, 0.1) is 11.6 Å². The highest BCUT2D eigenvalue weighted by atomic mass is 32.1. The second-order valence-corrected chi connectivity index (χ2v) is 6.65. The number of nitrogens with one attached hydrogen (secondary N) is 1. The van der Waals surface area contributed by atoms with Gasteiger partial charge in [-0.05, 0) is 55.5 Å². The Bertz CT molecular complexity index is 614. The lowest BCUT2D eigenvalue weighted by Gasteiger charge is -2.17. The van der Waals surface area contributed by atoms with Gasteiger partial charge in [-0.15, -0.1) is 11.3 Å². The molecule has 1 heterocycles. The van der Waals surface area contributed by atoms with E-state index in [4.69, 9.17) is 0 Å². The van der Waals surface area contributed by atoms with Gasteiger partial charge in [-0.3, -0.25) is 0 Å². The molecule has 0 spiro atoms. The number of benzene rings is 1. The zero-order valence-corrected chi connectivity index (χ0v) is 12.9. The summed E-state index contributed by atoms with van der Waals surface area (Å²) in [5.41, 5.74) is 1.88. The molecule has 0 fully saturated rings. The van der Waals surface area contributed by atoms with Gasteiger partial charge in [-0.1, -0.05) is 19.1 Å². The molecule has 0 radical (unpaired) electrons. The first-order valence-corrected chi connectivity index (χ1v) is 8.28. The summed E-state index contributed by atoms with van der Waals surface area (Å²) in [5, 5.41) is 3.40. The Balaban J connectivity index is 1.85. The van der Waals surface area contributed by atoms with Gasteiger partial charge in [0, 0.05) is 15.8 Å². The summed E-state index contributed by atoms with van der Waals surface area (Å²) < 4.78 is 27.2. The zero-order valence-electron chi connectivity index (χ0n) is 12.1. The van der Waals surface area contributed by atoms with E-state index in [1.807, 2.05) is 18.3 Å². The van der Waals surface area contributed by atoms with Crippen molar-refractivity contribution in [1.82, 2.24) is 5.32 Å². The van der Waals surface area contributed by atoms with Crippen molar-refractivity contribution in [2.24, 2.45) is 0 Å².